The van der Waals surface area contributed by atoms with Gasteiger partial charge in [-0.25, -0.2) is 0 Å². The van der Waals surface area contributed by atoms with Crippen molar-refractivity contribution in [1.82, 2.24) is 0 Å². The lowest BCUT2D eigenvalue weighted by Gasteiger charge is -2.55. The van der Waals surface area contributed by atoms with Gasteiger partial charge in [-0.2, -0.15) is 0 Å². The van der Waals surface area contributed by atoms with Gasteiger partial charge in [-0.05, 0) is 110 Å². The first-order chi connectivity index (χ1) is 20.2. The number of hydrogen-bond acceptors (Lipinski definition) is 4. The highest BCUT2D eigenvalue weighted by molar-refractivity contribution is 7.98. The Balaban J connectivity index is 1.19. The highest BCUT2D eigenvalue weighted by Gasteiger charge is 2.57. The molecule has 0 amide bonds. The first-order valence-corrected chi connectivity index (χ1v) is 17.4. The molecule has 1 N–H and O–H groups in total. The van der Waals surface area contributed by atoms with E-state index in [4.69, 9.17) is 9.47 Å². The molecule has 6 atom stereocenters. The van der Waals surface area contributed by atoms with Gasteiger partial charge in [0.1, 0.15) is 0 Å². The average Bonchev–Trinajstić information content (AvgIpc) is 3.31. The van der Waals surface area contributed by atoms with E-state index in [-0.39, 0.29) is 16.9 Å². The Kier molecular flexibility index (Phi) is 7.42. The minimum Gasteiger partial charge on any atom is -0.393 e. The molecule has 3 nitrogen and oxygen atoms in total. The Morgan fingerprint density at radius 2 is 1.50 bits per heavy atom. The van der Waals surface area contributed by atoms with Gasteiger partial charge in [0.2, 0.25) is 0 Å². The second-order valence-corrected chi connectivity index (χ2v) is 15.7. The summed E-state index contributed by atoms with van der Waals surface area (Å²) < 4.78 is 13.0. The molecule has 222 valence electrons. The molecule has 0 bridgehead atoms. The van der Waals surface area contributed by atoms with Crippen LogP contribution in [-0.4, -0.2) is 36.5 Å². The Bertz CT molecular complexity index is 1400. The number of benzene rings is 2. The van der Waals surface area contributed by atoms with Crippen LogP contribution in [0.2, 0.25) is 0 Å². The average molecular weight is 583 g/mol. The maximum absolute atomic E-state index is 11.3. The summed E-state index contributed by atoms with van der Waals surface area (Å²) in [7, 11) is 0. The van der Waals surface area contributed by atoms with E-state index >= 15 is 0 Å². The van der Waals surface area contributed by atoms with Gasteiger partial charge in [-0.1, -0.05) is 55.9 Å². The van der Waals surface area contributed by atoms with Gasteiger partial charge in [0.15, 0.2) is 5.79 Å². The molecule has 4 fully saturated rings. The van der Waals surface area contributed by atoms with Crippen LogP contribution < -0.4 is 0 Å². The fraction of sp³-hybridized carbons (Fsp3) is 0.579. The van der Waals surface area contributed by atoms with E-state index in [0.29, 0.717) is 23.7 Å². The van der Waals surface area contributed by atoms with Crippen LogP contribution in [0.4, 0.5) is 0 Å². The van der Waals surface area contributed by atoms with Crippen LogP contribution in [0.5, 0.6) is 0 Å². The molecule has 4 aliphatic carbocycles. The number of rotatable bonds is 2. The van der Waals surface area contributed by atoms with Gasteiger partial charge in [0.25, 0.3) is 0 Å². The zero-order chi connectivity index (χ0) is 29.1. The van der Waals surface area contributed by atoms with E-state index in [1.165, 1.54) is 23.3 Å². The molecule has 7 rings (SSSR count). The molecule has 6 unspecified atom stereocenters. The molecule has 0 radical (unpaired) electrons. The number of thioether (sulfide) groups is 1. The quantitative estimate of drug-likeness (QED) is 0.219. The van der Waals surface area contributed by atoms with Crippen molar-refractivity contribution in [2.45, 2.75) is 94.8 Å². The van der Waals surface area contributed by atoms with Crippen LogP contribution in [0.25, 0.3) is 0 Å². The standard InChI is InChI=1S/C38H46O3S/c1-36(2)23-40-38(41-24-36)20-19-30-28(21-38)13-16-31-33-17-18-34(39)37(33,3)22-32(35(30)31)27-11-7-25(8-12-27)5-6-26-9-14-29(42-4)15-10-26/h7-12,14-15,28,31-34,39H,13,16-24H2,1-4H3. The van der Waals surface area contributed by atoms with Gasteiger partial charge in [-0.15, -0.1) is 11.8 Å². The SMILES string of the molecule is CSc1ccc(C#Cc2ccc(C3CC4(C)C(O)CCC4C4CCC5CC6(CCC5=C34)OCC(C)(C)CO6)cc2)cc1. The molecule has 1 aliphatic heterocycles. The van der Waals surface area contributed by atoms with Gasteiger partial charge in [-0.3, -0.25) is 0 Å². The number of ether oxygens (including phenoxy) is 2. The first-order valence-electron chi connectivity index (χ1n) is 16.1. The van der Waals surface area contributed by atoms with Crippen molar-refractivity contribution >= 4 is 11.8 Å². The number of fused-ring (bicyclic) bond motifs is 4. The largest absolute Gasteiger partial charge is 0.393 e. The van der Waals surface area contributed by atoms with Crippen molar-refractivity contribution in [3.63, 3.8) is 0 Å². The van der Waals surface area contributed by atoms with E-state index in [1.54, 1.807) is 22.9 Å². The Morgan fingerprint density at radius 3 is 2.17 bits per heavy atom. The second kappa shape index (κ2) is 10.8. The summed E-state index contributed by atoms with van der Waals surface area (Å²) in [5, 5.41) is 11.3. The summed E-state index contributed by atoms with van der Waals surface area (Å²) in [6, 6.07) is 17.5. The molecule has 42 heavy (non-hydrogen) atoms. The van der Waals surface area contributed by atoms with Crippen LogP contribution in [0, 0.1) is 40.4 Å². The third kappa shape index (κ3) is 5.09. The summed E-state index contributed by atoms with van der Waals surface area (Å²) in [6.07, 6.45) is 10.6. The predicted octanol–water partition coefficient (Wildman–Crippen LogP) is 8.35. The molecule has 5 aliphatic rings. The third-order valence-electron chi connectivity index (χ3n) is 11.5. The second-order valence-electron chi connectivity index (χ2n) is 14.8. The van der Waals surface area contributed by atoms with Crippen molar-refractivity contribution in [2.75, 3.05) is 19.5 Å². The van der Waals surface area contributed by atoms with E-state index in [2.05, 4.69) is 87.4 Å². The van der Waals surface area contributed by atoms with E-state index in [0.717, 1.165) is 62.9 Å². The zero-order valence-electron chi connectivity index (χ0n) is 25.7. The topological polar surface area (TPSA) is 38.7 Å². The van der Waals surface area contributed by atoms with Crippen LogP contribution in [0.3, 0.4) is 0 Å². The fourth-order valence-electron chi connectivity index (χ4n) is 9.12. The Labute approximate surface area is 256 Å². The van der Waals surface area contributed by atoms with E-state index in [1.807, 2.05) is 0 Å². The first kappa shape index (κ1) is 28.7. The van der Waals surface area contributed by atoms with Gasteiger partial charge >= 0.3 is 0 Å². The smallest absolute Gasteiger partial charge is 0.169 e. The highest BCUT2D eigenvalue weighted by Crippen LogP contribution is 2.65. The maximum Gasteiger partial charge on any atom is 0.169 e. The van der Waals surface area contributed by atoms with Crippen LogP contribution in [0.15, 0.2) is 64.6 Å². The lowest BCUT2D eigenvalue weighted by molar-refractivity contribution is -0.312. The zero-order valence-corrected chi connectivity index (χ0v) is 26.6. The summed E-state index contributed by atoms with van der Waals surface area (Å²) in [4.78, 5) is 1.26. The fourth-order valence-corrected chi connectivity index (χ4v) is 9.53. The summed E-state index contributed by atoms with van der Waals surface area (Å²) in [6.45, 7) is 8.43. The van der Waals surface area contributed by atoms with Crippen molar-refractivity contribution in [2.24, 2.45) is 28.6 Å². The van der Waals surface area contributed by atoms with Gasteiger partial charge < -0.3 is 14.6 Å². The number of allylic oxidation sites excluding steroid dienone is 2. The molecule has 0 aromatic heterocycles. The van der Waals surface area contributed by atoms with Crippen molar-refractivity contribution in [1.29, 1.82) is 0 Å². The normalized spacial score (nSPS) is 34.6. The Morgan fingerprint density at radius 1 is 0.833 bits per heavy atom. The van der Waals surface area contributed by atoms with E-state index in [9.17, 15) is 5.11 Å². The van der Waals surface area contributed by atoms with Crippen molar-refractivity contribution < 1.29 is 14.6 Å². The van der Waals surface area contributed by atoms with Gasteiger partial charge in [0, 0.05) is 40.2 Å². The van der Waals surface area contributed by atoms with Crippen LogP contribution >= 0.6 is 11.8 Å². The monoisotopic (exact) mass is 582 g/mol. The molecule has 3 saturated carbocycles. The lowest BCUT2D eigenvalue weighted by Crippen LogP contribution is -2.52. The van der Waals surface area contributed by atoms with Crippen molar-refractivity contribution in [3.8, 4) is 11.8 Å². The maximum atomic E-state index is 11.3. The lowest BCUT2D eigenvalue weighted by atomic mass is 9.52. The van der Waals surface area contributed by atoms with E-state index < -0.39 is 5.79 Å². The molecule has 2 aromatic carbocycles. The minimum absolute atomic E-state index is 0.00922. The summed E-state index contributed by atoms with van der Waals surface area (Å²) >= 11 is 1.75. The molecular weight excluding hydrogens is 536 g/mol. The number of aliphatic hydroxyl groups is 1. The molecule has 4 heteroatoms. The summed E-state index contributed by atoms with van der Waals surface area (Å²) in [5.41, 5.74) is 7.01. The number of hydrogen-bond donors (Lipinski definition) is 1. The molecule has 1 spiro atoms. The predicted molar refractivity (Wildman–Crippen MR) is 170 cm³/mol. The van der Waals surface area contributed by atoms with Gasteiger partial charge in [0.05, 0.1) is 19.3 Å². The highest BCUT2D eigenvalue weighted by atomic mass is 32.2. The van der Waals surface area contributed by atoms with Crippen LogP contribution in [0.1, 0.15) is 94.7 Å². The summed E-state index contributed by atoms with van der Waals surface area (Å²) in [5.74, 6) is 8.42. The third-order valence-corrected chi connectivity index (χ3v) is 12.2. The molecular formula is C38H46O3S. The molecule has 1 heterocycles. The van der Waals surface area contributed by atoms with Crippen LogP contribution in [-0.2, 0) is 9.47 Å². The Hall–Kier alpha value is -2.03. The molecule has 2 aromatic rings. The number of aliphatic hydroxyl groups excluding tert-OH is 1. The minimum atomic E-state index is -0.394. The molecule has 1 saturated heterocycles. The van der Waals surface area contributed by atoms with Crippen molar-refractivity contribution in [3.05, 3.63) is 76.4 Å².